The molecule has 0 heterocycles. The lowest BCUT2D eigenvalue weighted by molar-refractivity contribution is -0.136. The number of rotatable bonds is 4. The molecule has 1 unspecified atom stereocenters. The Hall–Kier alpha value is -1.62. The lowest BCUT2D eigenvalue weighted by Gasteiger charge is -2.30. The number of allylic oxidation sites excluding steroid dienone is 3. The first kappa shape index (κ1) is 15.8. The molecule has 2 rings (SSSR count). The van der Waals surface area contributed by atoms with E-state index in [1.165, 1.54) is 7.11 Å². The molecule has 1 aliphatic carbocycles. The number of halogens is 2. The van der Waals surface area contributed by atoms with Gasteiger partial charge in [-0.3, -0.25) is 0 Å². The number of alkyl halides is 2. The number of carbonyl (C=O) groups is 1. The minimum absolute atomic E-state index is 0.0199. The second kappa shape index (κ2) is 6.43. The van der Waals surface area contributed by atoms with E-state index in [1.807, 2.05) is 12.1 Å². The highest BCUT2D eigenvalue weighted by molar-refractivity contribution is 9.09. The Bertz CT molecular complexity index is 609. The summed E-state index contributed by atoms with van der Waals surface area (Å²) in [7, 11) is 2.86. The summed E-state index contributed by atoms with van der Waals surface area (Å²) in [6.45, 7) is 0. The Labute approximate surface area is 131 Å². The van der Waals surface area contributed by atoms with E-state index in [2.05, 4.69) is 20.7 Å². The second-order valence-corrected chi connectivity index (χ2v) is 5.33. The molecule has 3 nitrogen and oxygen atoms in total. The van der Waals surface area contributed by atoms with Crippen molar-refractivity contribution >= 4 is 27.5 Å². The highest BCUT2D eigenvalue weighted by Crippen LogP contribution is 2.41. The molecule has 0 spiro atoms. The molecule has 0 N–H and O–H groups in total. The molecular formula is C16H16BrFO3. The number of hydrogen-bond acceptors (Lipinski definition) is 3. The largest absolute Gasteiger partial charge is 0.497 e. The van der Waals surface area contributed by atoms with Crippen molar-refractivity contribution in [1.82, 2.24) is 0 Å². The first-order valence-corrected chi connectivity index (χ1v) is 7.55. The second-order valence-electron chi connectivity index (χ2n) is 4.77. The summed E-state index contributed by atoms with van der Waals surface area (Å²) in [6.07, 6.45) is 3.22. The molecule has 1 aromatic rings. The zero-order valence-electron chi connectivity index (χ0n) is 11.9. The van der Waals surface area contributed by atoms with Gasteiger partial charge in [-0.25, -0.2) is 9.18 Å². The van der Waals surface area contributed by atoms with Crippen molar-refractivity contribution in [2.45, 2.75) is 12.1 Å². The number of carbonyl (C=O) groups excluding carboxylic acids is 1. The van der Waals surface area contributed by atoms with Crippen LogP contribution in [-0.2, 0) is 9.53 Å². The molecule has 5 heteroatoms. The van der Waals surface area contributed by atoms with Crippen molar-refractivity contribution in [3.05, 3.63) is 47.6 Å². The summed E-state index contributed by atoms with van der Waals surface area (Å²) < 4.78 is 25.1. The quantitative estimate of drug-likeness (QED) is 0.611. The number of methoxy groups -OCH3 is 2. The molecule has 0 saturated carbocycles. The third kappa shape index (κ3) is 3.18. The fraction of sp³-hybridized carbons (Fsp3) is 0.312. The highest BCUT2D eigenvalue weighted by Gasteiger charge is 2.38. The van der Waals surface area contributed by atoms with Gasteiger partial charge >= 0.3 is 5.97 Å². The third-order valence-corrected chi connectivity index (χ3v) is 4.33. The van der Waals surface area contributed by atoms with Gasteiger partial charge in [-0.15, -0.1) is 0 Å². The molecule has 1 aliphatic rings. The molecule has 1 aromatic carbocycles. The third-order valence-electron chi connectivity index (χ3n) is 3.44. The van der Waals surface area contributed by atoms with Crippen molar-refractivity contribution in [3.63, 3.8) is 0 Å². The molecule has 1 atom stereocenters. The summed E-state index contributed by atoms with van der Waals surface area (Å²) >= 11 is 3.21. The lowest BCUT2D eigenvalue weighted by Crippen LogP contribution is -2.31. The van der Waals surface area contributed by atoms with Crippen LogP contribution >= 0.6 is 15.9 Å². The molecule has 0 fully saturated rings. The summed E-state index contributed by atoms with van der Waals surface area (Å²) in [5, 5.41) is 0.0946. The zero-order chi connectivity index (χ0) is 15.5. The number of ether oxygens (including phenoxy) is 2. The summed E-state index contributed by atoms with van der Waals surface area (Å²) in [5.74, 6) is 0.159. The molecule has 0 aromatic heterocycles. The van der Waals surface area contributed by atoms with Gasteiger partial charge in [-0.2, -0.15) is 0 Å². The molecule has 0 aliphatic heterocycles. The summed E-state index contributed by atoms with van der Waals surface area (Å²) in [5.41, 5.74) is -0.0848. The van der Waals surface area contributed by atoms with Crippen LogP contribution in [0.3, 0.4) is 0 Å². The molecule has 0 radical (unpaired) electrons. The van der Waals surface area contributed by atoms with Gasteiger partial charge in [-0.05, 0) is 23.3 Å². The molecule has 0 saturated heterocycles. The van der Waals surface area contributed by atoms with Crippen LogP contribution in [0.25, 0.3) is 5.57 Å². The van der Waals surface area contributed by atoms with Crippen molar-refractivity contribution < 1.29 is 18.7 Å². The Morgan fingerprint density at radius 3 is 2.76 bits per heavy atom. The van der Waals surface area contributed by atoms with Gasteiger partial charge in [-0.1, -0.05) is 40.2 Å². The van der Waals surface area contributed by atoms with E-state index in [0.29, 0.717) is 16.9 Å². The average Bonchev–Trinajstić information content (AvgIpc) is 2.53. The van der Waals surface area contributed by atoms with E-state index in [-0.39, 0.29) is 11.8 Å². The Morgan fingerprint density at radius 1 is 1.38 bits per heavy atom. The van der Waals surface area contributed by atoms with Crippen molar-refractivity contribution in [1.29, 1.82) is 0 Å². The first-order valence-electron chi connectivity index (χ1n) is 6.43. The maximum Gasteiger partial charge on any atom is 0.333 e. The maximum atomic E-state index is 15.2. The highest BCUT2D eigenvalue weighted by atomic mass is 79.9. The predicted octanol–water partition coefficient (Wildman–Crippen LogP) is 3.68. The van der Waals surface area contributed by atoms with E-state index in [9.17, 15) is 4.79 Å². The van der Waals surface area contributed by atoms with Crippen LogP contribution in [0.4, 0.5) is 4.39 Å². The SMILES string of the molecule is COC(=O)C1=CC=C(c2cccc(OC)c2)C(F)(CBr)C1. The van der Waals surface area contributed by atoms with Crippen LogP contribution in [-0.4, -0.2) is 31.2 Å². The van der Waals surface area contributed by atoms with Crippen molar-refractivity contribution in [3.8, 4) is 5.75 Å². The predicted molar refractivity (Wildman–Crippen MR) is 83.3 cm³/mol. The Kier molecular flexibility index (Phi) is 4.83. The summed E-state index contributed by atoms with van der Waals surface area (Å²) in [4.78, 5) is 11.6. The van der Waals surface area contributed by atoms with Crippen molar-refractivity contribution in [2.24, 2.45) is 0 Å². The van der Waals surface area contributed by atoms with E-state index in [4.69, 9.17) is 4.74 Å². The fourth-order valence-electron chi connectivity index (χ4n) is 2.33. The monoisotopic (exact) mass is 354 g/mol. The number of hydrogen-bond donors (Lipinski definition) is 0. The zero-order valence-corrected chi connectivity index (χ0v) is 13.4. The van der Waals surface area contributed by atoms with Crippen LogP contribution in [0.5, 0.6) is 5.75 Å². The van der Waals surface area contributed by atoms with E-state index in [0.717, 1.165) is 5.56 Å². The van der Waals surface area contributed by atoms with Crippen LogP contribution in [0.2, 0.25) is 0 Å². The smallest absolute Gasteiger partial charge is 0.333 e. The van der Waals surface area contributed by atoms with E-state index < -0.39 is 11.6 Å². The van der Waals surface area contributed by atoms with Crippen LogP contribution < -0.4 is 4.74 Å². The average molecular weight is 355 g/mol. The van der Waals surface area contributed by atoms with Crippen molar-refractivity contribution in [2.75, 3.05) is 19.5 Å². The Balaban J connectivity index is 2.46. The van der Waals surface area contributed by atoms with Crippen LogP contribution in [0.1, 0.15) is 12.0 Å². The van der Waals surface area contributed by atoms with Gasteiger partial charge in [0.15, 0.2) is 0 Å². The first-order chi connectivity index (χ1) is 10.0. The molecule has 0 bridgehead atoms. The maximum absolute atomic E-state index is 15.2. The Morgan fingerprint density at radius 2 is 2.14 bits per heavy atom. The number of benzene rings is 1. The number of esters is 1. The van der Waals surface area contributed by atoms with Crippen LogP contribution in [0, 0.1) is 0 Å². The summed E-state index contributed by atoms with van der Waals surface area (Å²) in [6, 6.07) is 7.21. The van der Waals surface area contributed by atoms with E-state index >= 15 is 4.39 Å². The van der Waals surface area contributed by atoms with Gasteiger partial charge in [0.1, 0.15) is 11.4 Å². The van der Waals surface area contributed by atoms with Gasteiger partial charge in [0, 0.05) is 17.3 Å². The minimum Gasteiger partial charge on any atom is -0.497 e. The van der Waals surface area contributed by atoms with Gasteiger partial charge < -0.3 is 9.47 Å². The minimum atomic E-state index is -1.66. The topological polar surface area (TPSA) is 35.5 Å². The molecule has 0 amide bonds. The van der Waals surface area contributed by atoms with Gasteiger partial charge in [0.2, 0.25) is 0 Å². The normalized spacial score (nSPS) is 21.3. The van der Waals surface area contributed by atoms with E-state index in [1.54, 1.807) is 31.4 Å². The van der Waals surface area contributed by atoms with Gasteiger partial charge in [0.05, 0.1) is 14.2 Å². The van der Waals surface area contributed by atoms with Gasteiger partial charge in [0.25, 0.3) is 0 Å². The van der Waals surface area contributed by atoms with Crippen LogP contribution in [0.15, 0.2) is 42.0 Å². The fourth-order valence-corrected chi connectivity index (χ4v) is 2.83. The molecular weight excluding hydrogens is 339 g/mol. The molecule has 112 valence electrons. The molecule has 21 heavy (non-hydrogen) atoms. The lowest BCUT2D eigenvalue weighted by atomic mass is 9.82. The standard InChI is InChI=1S/C16H16BrFO3/c1-20-13-5-3-4-11(8-13)14-7-6-12(15(19)21-2)9-16(14,18)10-17/h3-8H,9-10H2,1-2H3.